The van der Waals surface area contributed by atoms with E-state index in [1.807, 2.05) is 11.9 Å². The number of nitrogens with two attached hydrogens (primary N) is 1. The highest BCUT2D eigenvalue weighted by Gasteiger charge is 2.07. The van der Waals surface area contributed by atoms with Crippen molar-refractivity contribution in [3.8, 4) is 5.75 Å². The molecule has 1 aromatic rings. The molecule has 3 nitrogen and oxygen atoms in total. The molecular formula is C12H20N2O. The highest BCUT2D eigenvalue weighted by Crippen LogP contribution is 2.23. The van der Waals surface area contributed by atoms with Gasteiger partial charge in [0.2, 0.25) is 0 Å². The molecule has 0 aromatic heterocycles. The van der Waals surface area contributed by atoms with Crippen LogP contribution in [0.2, 0.25) is 0 Å². The van der Waals surface area contributed by atoms with E-state index in [2.05, 4.69) is 26.0 Å². The van der Waals surface area contributed by atoms with Gasteiger partial charge in [0.25, 0.3) is 0 Å². The van der Waals surface area contributed by atoms with Crippen LogP contribution in [0.3, 0.4) is 0 Å². The molecule has 2 N–H and O–H groups in total. The van der Waals surface area contributed by atoms with Crippen LogP contribution in [0, 0.1) is 13.8 Å². The van der Waals surface area contributed by atoms with Crippen LogP contribution >= 0.6 is 0 Å². The fraction of sp³-hybridized carbons (Fsp3) is 0.500. The van der Waals surface area contributed by atoms with Crippen molar-refractivity contribution in [2.75, 3.05) is 20.8 Å². The van der Waals surface area contributed by atoms with E-state index in [0.29, 0.717) is 6.67 Å². The minimum atomic E-state index is 0.552. The van der Waals surface area contributed by atoms with Crippen molar-refractivity contribution >= 4 is 0 Å². The topological polar surface area (TPSA) is 38.5 Å². The predicted octanol–water partition coefficient (Wildman–Crippen LogP) is 1.66. The molecule has 0 heterocycles. The van der Waals surface area contributed by atoms with Gasteiger partial charge in [-0.1, -0.05) is 6.07 Å². The lowest BCUT2D eigenvalue weighted by Crippen LogP contribution is -2.25. The van der Waals surface area contributed by atoms with Crippen molar-refractivity contribution in [3.63, 3.8) is 0 Å². The molecular weight excluding hydrogens is 188 g/mol. The molecule has 0 aliphatic carbocycles. The Morgan fingerprint density at radius 3 is 2.40 bits per heavy atom. The Balaban J connectivity index is 2.99. The molecule has 0 fully saturated rings. The zero-order valence-electron chi connectivity index (χ0n) is 10.0. The zero-order valence-corrected chi connectivity index (χ0v) is 10.0. The van der Waals surface area contributed by atoms with E-state index in [-0.39, 0.29) is 0 Å². The fourth-order valence-electron chi connectivity index (χ4n) is 1.52. The van der Waals surface area contributed by atoms with E-state index < -0.39 is 0 Å². The van der Waals surface area contributed by atoms with Gasteiger partial charge in [-0.15, -0.1) is 0 Å². The van der Waals surface area contributed by atoms with E-state index in [0.717, 1.165) is 12.3 Å². The smallest absolute Gasteiger partial charge is 0.123 e. The van der Waals surface area contributed by atoms with Gasteiger partial charge in [-0.25, -0.2) is 0 Å². The maximum atomic E-state index is 5.56. The second-order valence-corrected chi connectivity index (χ2v) is 3.95. The van der Waals surface area contributed by atoms with Gasteiger partial charge < -0.3 is 10.5 Å². The lowest BCUT2D eigenvalue weighted by Gasteiger charge is -2.17. The summed E-state index contributed by atoms with van der Waals surface area (Å²) in [5, 5.41) is 0. The van der Waals surface area contributed by atoms with Gasteiger partial charge in [-0.2, -0.15) is 0 Å². The lowest BCUT2D eigenvalue weighted by molar-refractivity contribution is 0.326. The first-order valence-electron chi connectivity index (χ1n) is 5.11. The van der Waals surface area contributed by atoms with Crippen LogP contribution in [0.25, 0.3) is 0 Å². The number of aryl methyl sites for hydroxylation is 2. The van der Waals surface area contributed by atoms with Crippen LogP contribution in [-0.4, -0.2) is 25.7 Å². The van der Waals surface area contributed by atoms with E-state index in [9.17, 15) is 0 Å². The lowest BCUT2D eigenvalue weighted by atomic mass is 10.0. The van der Waals surface area contributed by atoms with Crippen LogP contribution in [0.15, 0.2) is 12.1 Å². The SMILES string of the molecule is COc1cc(C)c(C)cc1CN(C)CN. The van der Waals surface area contributed by atoms with E-state index in [1.165, 1.54) is 16.7 Å². The molecule has 0 bridgehead atoms. The average Bonchev–Trinajstić information content (AvgIpc) is 2.22. The largest absolute Gasteiger partial charge is 0.496 e. The van der Waals surface area contributed by atoms with E-state index >= 15 is 0 Å². The quantitative estimate of drug-likeness (QED) is 0.765. The first-order valence-corrected chi connectivity index (χ1v) is 5.11. The molecule has 0 atom stereocenters. The van der Waals surface area contributed by atoms with Crippen LogP contribution in [0.1, 0.15) is 16.7 Å². The van der Waals surface area contributed by atoms with Gasteiger partial charge in [-0.3, -0.25) is 4.90 Å². The Bertz CT molecular complexity index is 337. The van der Waals surface area contributed by atoms with Crippen molar-refractivity contribution in [1.82, 2.24) is 4.90 Å². The van der Waals surface area contributed by atoms with Gasteiger partial charge in [0.05, 0.1) is 7.11 Å². The van der Waals surface area contributed by atoms with Gasteiger partial charge >= 0.3 is 0 Å². The van der Waals surface area contributed by atoms with Crippen LogP contribution in [0.4, 0.5) is 0 Å². The Morgan fingerprint density at radius 2 is 1.87 bits per heavy atom. The Hall–Kier alpha value is -1.06. The standard InChI is InChI=1S/C12H20N2O/c1-9-5-11(7-14(3)8-13)12(15-4)6-10(9)2/h5-6H,7-8,13H2,1-4H3. The summed E-state index contributed by atoms with van der Waals surface area (Å²) in [7, 11) is 3.70. The van der Waals surface area contributed by atoms with E-state index in [1.54, 1.807) is 7.11 Å². The molecule has 0 aliphatic rings. The second kappa shape index (κ2) is 5.14. The summed E-state index contributed by atoms with van der Waals surface area (Å²) in [5.74, 6) is 0.943. The number of ether oxygens (including phenoxy) is 1. The second-order valence-electron chi connectivity index (χ2n) is 3.95. The summed E-state index contributed by atoms with van der Waals surface area (Å²) >= 11 is 0. The van der Waals surface area contributed by atoms with Crippen molar-refractivity contribution in [1.29, 1.82) is 0 Å². The number of methoxy groups -OCH3 is 1. The maximum absolute atomic E-state index is 5.56. The minimum absolute atomic E-state index is 0.552. The van der Waals surface area contributed by atoms with Gasteiger partial charge in [-0.05, 0) is 38.1 Å². The summed E-state index contributed by atoms with van der Waals surface area (Å²) < 4.78 is 5.36. The number of benzene rings is 1. The molecule has 1 rings (SSSR count). The molecule has 0 saturated carbocycles. The number of hydrogen-bond donors (Lipinski definition) is 1. The van der Waals surface area contributed by atoms with Crippen molar-refractivity contribution in [3.05, 3.63) is 28.8 Å². The molecule has 0 unspecified atom stereocenters. The zero-order chi connectivity index (χ0) is 11.4. The summed E-state index contributed by atoms with van der Waals surface area (Å²) in [6.45, 7) is 5.58. The minimum Gasteiger partial charge on any atom is -0.496 e. The predicted molar refractivity (Wildman–Crippen MR) is 63.0 cm³/mol. The first kappa shape index (κ1) is 12.0. The molecule has 3 heteroatoms. The molecule has 0 saturated heterocycles. The average molecular weight is 208 g/mol. The summed E-state index contributed by atoms with van der Waals surface area (Å²) in [4.78, 5) is 2.05. The Kier molecular flexibility index (Phi) is 4.12. The molecule has 0 amide bonds. The van der Waals surface area contributed by atoms with Crippen LogP contribution in [0.5, 0.6) is 5.75 Å². The van der Waals surface area contributed by atoms with Crippen molar-refractivity contribution < 1.29 is 4.74 Å². The normalized spacial score (nSPS) is 10.8. The summed E-state index contributed by atoms with van der Waals surface area (Å²) in [5.41, 5.74) is 9.30. The van der Waals surface area contributed by atoms with Gasteiger partial charge in [0.15, 0.2) is 0 Å². The molecule has 0 radical (unpaired) electrons. The molecule has 15 heavy (non-hydrogen) atoms. The number of rotatable bonds is 4. The number of nitrogens with zero attached hydrogens (tertiary/aromatic N) is 1. The Labute approximate surface area is 91.8 Å². The summed E-state index contributed by atoms with van der Waals surface area (Å²) in [6.07, 6.45) is 0. The van der Waals surface area contributed by atoms with E-state index in [4.69, 9.17) is 10.5 Å². The molecule has 0 spiro atoms. The van der Waals surface area contributed by atoms with Crippen LogP contribution < -0.4 is 10.5 Å². The summed E-state index contributed by atoms with van der Waals surface area (Å²) in [6, 6.07) is 4.25. The highest BCUT2D eigenvalue weighted by atomic mass is 16.5. The number of hydrogen-bond acceptors (Lipinski definition) is 3. The monoisotopic (exact) mass is 208 g/mol. The third-order valence-corrected chi connectivity index (χ3v) is 2.65. The maximum Gasteiger partial charge on any atom is 0.123 e. The highest BCUT2D eigenvalue weighted by molar-refractivity contribution is 5.41. The van der Waals surface area contributed by atoms with Gasteiger partial charge in [0, 0.05) is 18.8 Å². The third kappa shape index (κ3) is 2.94. The Morgan fingerprint density at radius 1 is 1.27 bits per heavy atom. The molecule has 0 aliphatic heterocycles. The molecule has 1 aromatic carbocycles. The molecule has 84 valence electrons. The van der Waals surface area contributed by atoms with Crippen LogP contribution in [-0.2, 0) is 6.54 Å². The van der Waals surface area contributed by atoms with Crippen molar-refractivity contribution in [2.24, 2.45) is 5.73 Å². The first-order chi connectivity index (χ1) is 7.08. The van der Waals surface area contributed by atoms with Crippen molar-refractivity contribution in [2.45, 2.75) is 20.4 Å². The van der Waals surface area contributed by atoms with Gasteiger partial charge in [0.1, 0.15) is 5.75 Å². The fourth-order valence-corrected chi connectivity index (χ4v) is 1.52. The third-order valence-electron chi connectivity index (χ3n) is 2.65.